The van der Waals surface area contributed by atoms with Gasteiger partial charge in [0.05, 0.1) is 6.54 Å². The fourth-order valence-electron chi connectivity index (χ4n) is 3.52. The molecular weight excluding hydrogens is 330 g/mol. The highest BCUT2D eigenvalue weighted by Gasteiger charge is 2.37. The van der Waals surface area contributed by atoms with Crippen molar-refractivity contribution in [2.45, 2.75) is 37.6 Å². The first-order chi connectivity index (χ1) is 12.2. The van der Waals surface area contributed by atoms with Gasteiger partial charge in [0.15, 0.2) is 0 Å². The largest absolute Gasteiger partial charge is 0.337 e. The molecule has 130 valence electrons. The monoisotopic (exact) mass is 353 g/mol. The second-order valence-electron chi connectivity index (χ2n) is 6.54. The van der Waals surface area contributed by atoms with E-state index in [0.29, 0.717) is 13.1 Å². The molecule has 1 N–H and O–H groups in total. The Kier molecular flexibility index (Phi) is 5.72. The molecule has 3 rings (SSSR count). The Labute approximate surface area is 153 Å². The number of nitrogens with zero attached hydrogens (tertiary/aromatic N) is 2. The minimum atomic E-state index is -0.107. The number of thiophene rings is 1. The van der Waals surface area contributed by atoms with Crippen LogP contribution in [0.1, 0.15) is 36.1 Å². The number of hydrogen-bond acceptors (Lipinski definition) is 3. The lowest BCUT2D eigenvalue weighted by molar-refractivity contribution is 0.198. The molecule has 2 heterocycles. The highest BCUT2D eigenvalue weighted by Crippen LogP contribution is 2.42. The van der Waals surface area contributed by atoms with Crippen molar-refractivity contribution in [2.75, 3.05) is 13.1 Å². The third kappa shape index (κ3) is 4.21. The van der Waals surface area contributed by atoms with E-state index in [4.69, 9.17) is 6.42 Å². The summed E-state index contributed by atoms with van der Waals surface area (Å²) in [6, 6.07) is 8.00. The second-order valence-corrected chi connectivity index (χ2v) is 7.49. The maximum Gasteiger partial charge on any atom is 0.318 e. The molecule has 5 heteroatoms. The molecule has 1 aliphatic rings. The molecule has 0 aromatic carbocycles. The fourth-order valence-corrected chi connectivity index (χ4v) is 4.51. The van der Waals surface area contributed by atoms with Crippen molar-refractivity contribution in [3.8, 4) is 12.3 Å². The SMILES string of the molecule is C#CCN(Cc1cccnc1)C(=O)NCC1(c2cccs2)CCCC1. The van der Waals surface area contributed by atoms with Crippen LogP contribution >= 0.6 is 11.3 Å². The summed E-state index contributed by atoms with van der Waals surface area (Å²) in [6.07, 6.45) is 13.6. The van der Waals surface area contributed by atoms with Crippen molar-refractivity contribution < 1.29 is 4.79 Å². The van der Waals surface area contributed by atoms with Crippen LogP contribution in [0.5, 0.6) is 0 Å². The Bertz CT molecular complexity index is 715. The Morgan fingerprint density at radius 2 is 2.20 bits per heavy atom. The number of pyridine rings is 1. The molecule has 1 saturated carbocycles. The first kappa shape index (κ1) is 17.5. The van der Waals surface area contributed by atoms with Crippen LogP contribution in [0.15, 0.2) is 42.0 Å². The second kappa shape index (κ2) is 8.17. The van der Waals surface area contributed by atoms with Crippen LogP contribution in [-0.4, -0.2) is 29.0 Å². The molecule has 25 heavy (non-hydrogen) atoms. The van der Waals surface area contributed by atoms with Gasteiger partial charge in [-0.15, -0.1) is 17.8 Å². The fraction of sp³-hybridized carbons (Fsp3) is 0.400. The molecule has 0 atom stereocenters. The van der Waals surface area contributed by atoms with Gasteiger partial charge < -0.3 is 10.2 Å². The predicted molar refractivity (Wildman–Crippen MR) is 101 cm³/mol. The average molecular weight is 353 g/mol. The van der Waals surface area contributed by atoms with Gasteiger partial charge in [-0.3, -0.25) is 4.98 Å². The molecule has 1 aliphatic carbocycles. The number of rotatable bonds is 6. The Balaban J connectivity index is 1.65. The number of urea groups is 1. The first-order valence-corrected chi connectivity index (χ1v) is 9.51. The van der Waals surface area contributed by atoms with Crippen molar-refractivity contribution in [3.05, 3.63) is 52.5 Å². The van der Waals surface area contributed by atoms with Crippen LogP contribution in [0.25, 0.3) is 0 Å². The van der Waals surface area contributed by atoms with E-state index in [2.05, 4.69) is 33.7 Å². The van der Waals surface area contributed by atoms with Gasteiger partial charge in [0, 0.05) is 35.8 Å². The maximum absolute atomic E-state index is 12.7. The lowest BCUT2D eigenvalue weighted by Gasteiger charge is -2.30. The number of amides is 2. The predicted octanol–water partition coefficient (Wildman–Crippen LogP) is 3.80. The van der Waals surface area contributed by atoms with Crippen LogP contribution in [0.2, 0.25) is 0 Å². The summed E-state index contributed by atoms with van der Waals surface area (Å²) in [6.45, 7) is 1.42. The summed E-state index contributed by atoms with van der Waals surface area (Å²) < 4.78 is 0. The van der Waals surface area contributed by atoms with Gasteiger partial charge in [0.2, 0.25) is 0 Å². The van der Waals surface area contributed by atoms with Gasteiger partial charge in [0.1, 0.15) is 0 Å². The van der Waals surface area contributed by atoms with E-state index in [1.165, 1.54) is 17.7 Å². The number of hydrogen-bond donors (Lipinski definition) is 1. The molecule has 2 aromatic heterocycles. The van der Waals surface area contributed by atoms with Crippen molar-refractivity contribution in [1.29, 1.82) is 0 Å². The average Bonchev–Trinajstić information content (AvgIpc) is 3.32. The van der Waals surface area contributed by atoms with Crippen LogP contribution < -0.4 is 5.32 Å². The van der Waals surface area contributed by atoms with Gasteiger partial charge >= 0.3 is 6.03 Å². The number of nitrogens with one attached hydrogen (secondary N) is 1. The van der Waals surface area contributed by atoms with Crippen LogP contribution in [0.4, 0.5) is 4.79 Å². The van der Waals surface area contributed by atoms with E-state index in [1.807, 2.05) is 12.1 Å². The van der Waals surface area contributed by atoms with Crippen LogP contribution in [0, 0.1) is 12.3 Å². The van der Waals surface area contributed by atoms with Gasteiger partial charge in [-0.05, 0) is 35.9 Å². The maximum atomic E-state index is 12.7. The van der Waals surface area contributed by atoms with E-state index >= 15 is 0 Å². The van der Waals surface area contributed by atoms with E-state index in [9.17, 15) is 4.79 Å². The minimum Gasteiger partial charge on any atom is -0.337 e. The molecule has 0 saturated heterocycles. The molecule has 0 bridgehead atoms. The third-order valence-corrected chi connectivity index (χ3v) is 5.96. The van der Waals surface area contributed by atoms with Gasteiger partial charge in [0.25, 0.3) is 0 Å². The minimum absolute atomic E-state index is 0.0833. The van der Waals surface area contributed by atoms with Crippen LogP contribution in [-0.2, 0) is 12.0 Å². The first-order valence-electron chi connectivity index (χ1n) is 8.63. The van der Waals surface area contributed by atoms with E-state index < -0.39 is 0 Å². The highest BCUT2D eigenvalue weighted by molar-refractivity contribution is 7.10. The lowest BCUT2D eigenvalue weighted by atomic mass is 9.84. The molecule has 0 unspecified atom stereocenters. The van der Waals surface area contributed by atoms with E-state index in [1.54, 1.807) is 28.6 Å². The molecular formula is C20H23N3OS. The Hall–Kier alpha value is -2.32. The number of carbonyl (C=O) groups is 1. The third-order valence-electron chi connectivity index (χ3n) is 4.85. The zero-order chi connectivity index (χ0) is 17.5. The van der Waals surface area contributed by atoms with Gasteiger partial charge in [-0.25, -0.2) is 4.79 Å². The van der Waals surface area contributed by atoms with Crippen molar-refractivity contribution in [3.63, 3.8) is 0 Å². The normalized spacial score (nSPS) is 15.5. The zero-order valence-corrected chi connectivity index (χ0v) is 15.1. The molecule has 2 aromatic rings. The van der Waals surface area contributed by atoms with Crippen molar-refractivity contribution >= 4 is 17.4 Å². The van der Waals surface area contributed by atoms with Crippen molar-refractivity contribution in [2.24, 2.45) is 0 Å². The number of terminal acetylenes is 1. The Morgan fingerprint density at radius 3 is 2.84 bits per heavy atom. The highest BCUT2D eigenvalue weighted by atomic mass is 32.1. The van der Waals surface area contributed by atoms with Crippen LogP contribution in [0.3, 0.4) is 0 Å². The summed E-state index contributed by atoms with van der Waals surface area (Å²) >= 11 is 1.79. The molecule has 0 aliphatic heterocycles. The topological polar surface area (TPSA) is 45.2 Å². The summed E-state index contributed by atoms with van der Waals surface area (Å²) in [4.78, 5) is 19.8. The van der Waals surface area contributed by atoms with E-state index in [0.717, 1.165) is 18.4 Å². The molecule has 1 fully saturated rings. The van der Waals surface area contributed by atoms with Gasteiger partial charge in [-0.1, -0.05) is 30.9 Å². The van der Waals surface area contributed by atoms with Crippen molar-refractivity contribution in [1.82, 2.24) is 15.2 Å². The summed E-state index contributed by atoms with van der Waals surface area (Å²) in [5.74, 6) is 2.58. The number of aromatic nitrogens is 1. The number of carbonyl (C=O) groups excluding carboxylic acids is 1. The quantitative estimate of drug-likeness (QED) is 0.803. The molecule has 0 spiro atoms. The smallest absolute Gasteiger partial charge is 0.318 e. The standard InChI is InChI=1S/C20H23N3OS/c1-2-12-23(15-17-7-5-11-21-14-17)19(24)22-16-20(9-3-4-10-20)18-8-6-13-25-18/h1,5-8,11,13-14H,3-4,9-10,12,15-16H2,(H,22,24). The zero-order valence-electron chi connectivity index (χ0n) is 14.3. The Morgan fingerprint density at radius 1 is 1.36 bits per heavy atom. The molecule has 0 radical (unpaired) electrons. The summed E-state index contributed by atoms with van der Waals surface area (Å²) in [7, 11) is 0. The summed E-state index contributed by atoms with van der Waals surface area (Å²) in [5, 5.41) is 5.25. The molecule has 4 nitrogen and oxygen atoms in total. The van der Waals surface area contributed by atoms with E-state index in [-0.39, 0.29) is 18.0 Å². The van der Waals surface area contributed by atoms with Gasteiger partial charge in [-0.2, -0.15) is 0 Å². The lowest BCUT2D eigenvalue weighted by Crippen LogP contribution is -2.45. The molecule has 2 amide bonds. The summed E-state index contributed by atoms with van der Waals surface area (Å²) in [5.41, 5.74) is 1.06.